The SMILES string of the molecule is COc1cc(C2C3=CCC4C(=O)N(c5ccc([N+](=O)[O-])cc5)C(=O)C4C3CC3(Cl)C(=O)N(c4c(F)c(F)c(F)c(F)c4F)C(=O)C23Cl)cc(Cl)c1O. The van der Waals surface area contributed by atoms with E-state index in [2.05, 4.69) is 0 Å². The number of amides is 4. The van der Waals surface area contributed by atoms with Gasteiger partial charge in [0.15, 0.2) is 44.5 Å². The summed E-state index contributed by atoms with van der Waals surface area (Å²) in [5.74, 6) is -23.6. The molecule has 3 aromatic carbocycles. The van der Waals surface area contributed by atoms with E-state index in [-0.39, 0.29) is 44.6 Å². The van der Waals surface area contributed by atoms with Crippen LogP contribution in [0.4, 0.5) is 39.0 Å². The number of benzene rings is 3. The second kappa shape index (κ2) is 11.9. The third-order valence-electron chi connectivity index (χ3n) is 10.1. The predicted octanol–water partition coefficient (Wildman–Crippen LogP) is 6.43. The second-order valence-electron chi connectivity index (χ2n) is 12.5. The van der Waals surface area contributed by atoms with E-state index in [1.54, 1.807) is 0 Å². The van der Waals surface area contributed by atoms with Crippen LogP contribution in [0.1, 0.15) is 24.3 Å². The number of anilines is 2. The molecule has 0 bridgehead atoms. The molecule has 11 nitrogen and oxygen atoms in total. The highest BCUT2D eigenvalue weighted by molar-refractivity contribution is 6.58. The van der Waals surface area contributed by atoms with Gasteiger partial charge in [-0.1, -0.05) is 23.3 Å². The van der Waals surface area contributed by atoms with Crippen LogP contribution in [0.3, 0.4) is 0 Å². The van der Waals surface area contributed by atoms with E-state index < -0.39 is 109 Å². The van der Waals surface area contributed by atoms with Gasteiger partial charge in [0.2, 0.25) is 17.6 Å². The maximum Gasteiger partial charge on any atom is 0.269 e. The molecule has 270 valence electrons. The Balaban J connectivity index is 1.43. The van der Waals surface area contributed by atoms with E-state index in [0.29, 0.717) is 0 Å². The smallest absolute Gasteiger partial charge is 0.269 e. The molecule has 0 spiro atoms. The summed E-state index contributed by atoms with van der Waals surface area (Å²) >= 11 is 20.5. The largest absolute Gasteiger partial charge is 0.503 e. The van der Waals surface area contributed by atoms with Crippen LogP contribution in [0.2, 0.25) is 5.02 Å². The number of halogens is 8. The number of methoxy groups -OCH3 is 1. The summed E-state index contributed by atoms with van der Waals surface area (Å²) in [5.41, 5.74) is -2.24. The lowest BCUT2D eigenvalue weighted by Crippen LogP contribution is -2.60. The van der Waals surface area contributed by atoms with Gasteiger partial charge in [0, 0.05) is 18.1 Å². The Kier molecular flexibility index (Phi) is 8.12. The van der Waals surface area contributed by atoms with E-state index in [4.69, 9.17) is 39.5 Å². The number of ether oxygens (including phenoxy) is 1. The zero-order valence-corrected chi connectivity index (χ0v) is 28.2. The van der Waals surface area contributed by atoms with E-state index >= 15 is 8.78 Å². The van der Waals surface area contributed by atoms with Crippen molar-refractivity contribution in [1.29, 1.82) is 0 Å². The molecular weight excluding hydrogens is 768 g/mol. The number of allylic oxidation sites excluding steroid dienone is 2. The van der Waals surface area contributed by atoms with Crippen LogP contribution in [0.5, 0.6) is 11.5 Å². The normalized spacial score (nSPS) is 28.1. The number of nitro benzene ring substituents is 1. The van der Waals surface area contributed by atoms with Gasteiger partial charge in [-0.05, 0) is 48.6 Å². The van der Waals surface area contributed by atoms with Crippen LogP contribution in [-0.4, -0.2) is 50.5 Å². The average molecular weight is 787 g/mol. The van der Waals surface area contributed by atoms with Gasteiger partial charge in [0.25, 0.3) is 17.5 Å². The number of hydrogen-bond donors (Lipinski definition) is 1. The summed E-state index contributed by atoms with van der Waals surface area (Å²) in [6.07, 6.45) is 0.553. The number of hydrogen-bond acceptors (Lipinski definition) is 8. The molecule has 6 unspecified atom stereocenters. The van der Waals surface area contributed by atoms with Crippen molar-refractivity contribution in [3.8, 4) is 11.5 Å². The molecule has 52 heavy (non-hydrogen) atoms. The van der Waals surface area contributed by atoms with E-state index in [9.17, 15) is 47.6 Å². The Hall–Kier alpha value is -4.80. The molecule has 19 heteroatoms. The molecule has 0 radical (unpaired) electrons. The van der Waals surface area contributed by atoms with Crippen molar-refractivity contribution in [1.82, 2.24) is 0 Å². The molecular formula is C33H19Cl3F5N3O8. The Morgan fingerprint density at radius 2 is 1.48 bits per heavy atom. The van der Waals surface area contributed by atoms with Gasteiger partial charge in [-0.2, -0.15) is 0 Å². The minimum Gasteiger partial charge on any atom is -0.503 e. The van der Waals surface area contributed by atoms with Crippen LogP contribution < -0.4 is 14.5 Å². The summed E-state index contributed by atoms with van der Waals surface area (Å²) in [4.78, 5) is 62.0. The number of carbonyl (C=O) groups is 4. The summed E-state index contributed by atoms with van der Waals surface area (Å²) in [6.45, 7) is 0. The quantitative estimate of drug-likeness (QED) is 0.0456. The van der Waals surface area contributed by atoms with Crippen LogP contribution in [-0.2, 0) is 19.2 Å². The number of imide groups is 2. The molecule has 6 atom stereocenters. The molecule has 0 aromatic heterocycles. The monoisotopic (exact) mass is 785 g/mol. The van der Waals surface area contributed by atoms with Crippen molar-refractivity contribution in [3.05, 3.63) is 97.8 Å². The zero-order chi connectivity index (χ0) is 37.9. The maximum atomic E-state index is 15.2. The van der Waals surface area contributed by atoms with Gasteiger partial charge >= 0.3 is 0 Å². The minimum absolute atomic E-state index is 0.0177. The average Bonchev–Trinajstić information content (AvgIpc) is 3.45. The standard InChI is InChI=1S/C33H19Cl3F5N3O8/c1-52-18-9-11(8-17(34)27(18)45)20-14-6-7-15-19(29(47)42(28(15)46)12-2-4-13(5-3-12)44(50)51)16(14)10-32(35)30(48)43(31(49)33(20,32)36)26-24(40)22(38)21(37)23(39)25(26)41/h2-6,8-9,15-16,19-20,45H,7,10H2,1H3. The lowest BCUT2D eigenvalue weighted by atomic mass is 9.56. The van der Waals surface area contributed by atoms with Crippen LogP contribution >= 0.6 is 34.8 Å². The van der Waals surface area contributed by atoms with E-state index in [0.717, 1.165) is 36.3 Å². The molecule has 1 N–H and O–H groups in total. The third kappa shape index (κ3) is 4.49. The summed E-state index contributed by atoms with van der Waals surface area (Å²) in [5, 5.41) is 21.3. The lowest BCUT2D eigenvalue weighted by molar-refractivity contribution is -0.384. The van der Waals surface area contributed by atoms with Crippen LogP contribution in [0.25, 0.3) is 0 Å². The van der Waals surface area contributed by atoms with Crippen LogP contribution in [0.15, 0.2) is 48.0 Å². The highest BCUT2D eigenvalue weighted by Crippen LogP contribution is 2.66. The van der Waals surface area contributed by atoms with Crippen molar-refractivity contribution in [2.75, 3.05) is 16.9 Å². The van der Waals surface area contributed by atoms with Gasteiger partial charge in [0.1, 0.15) is 5.69 Å². The van der Waals surface area contributed by atoms with Gasteiger partial charge in [-0.15, -0.1) is 23.2 Å². The molecule has 7 rings (SSSR count). The van der Waals surface area contributed by atoms with Crippen molar-refractivity contribution < 1.29 is 55.9 Å². The van der Waals surface area contributed by atoms with Crippen molar-refractivity contribution in [2.24, 2.45) is 17.8 Å². The fourth-order valence-electron chi connectivity index (χ4n) is 7.83. The number of carbonyl (C=O) groups excluding carboxylic acids is 4. The highest BCUT2D eigenvalue weighted by Gasteiger charge is 2.77. The first-order valence-electron chi connectivity index (χ1n) is 15.1. The number of alkyl halides is 2. The minimum atomic E-state index is -2.82. The molecule has 3 fully saturated rings. The molecule has 4 amide bonds. The van der Waals surface area contributed by atoms with Gasteiger partial charge in [0.05, 0.1) is 34.6 Å². The fourth-order valence-corrected chi connectivity index (χ4v) is 8.99. The van der Waals surface area contributed by atoms with E-state index in [1.165, 1.54) is 18.2 Å². The molecule has 1 saturated carbocycles. The maximum absolute atomic E-state index is 15.2. The summed E-state index contributed by atoms with van der Waals surface area (Å²) in [6, 6.07) is 6.79. The first-order valence-corrected chi connectivity index (χ1v) is 16.2. The van der Waals surface area contributed by atoms with E-state index in [1.807, 2.05) is 0 Å². The molecule has 3 aromatic rings. The number of phenolic OH excluding ortho intramolecular Hbond substituents is 1. The first kappa shape index (κ1) is 35.6. The van der Waals surface area contributed by atoms with Crippen molar-refractivity contribution in [3.63, 3.8) is 0 Å². The molecule has 4 aliphatic rings. The Morgan fingerprint density at radius 3 is 2.06 bits per heavy atom. The topological polar surface area (TPSA) is 147 Å². The predicted molar refractivity (Wildman–Crippen MR) is 172 cm³/mol. The van der Waals surface area contributed by atoms with Gasteiger partial charge in [-0.25, -0.2) is 26.9 Å². The molecule has 2 aliphatic heterocycles. The highest BCUT2D eigenvalue weighted by atomic mass is 35.5. The van der Waals surface area contributed by atoms with Crippen molar-refractivity contribution in [2.45, 2.75) is 28.5 Å². The Bertz CT molecular complexity index is 2200. The van der Waals surface area contributed by atoms with Gasteiger partial charge in [-0.3, -0.25) is 34.2 Å². The lowest BCUT2D eigenvalue weighted by Gasteiger charge is -2.50. The Morgan fingerprint density at radius 1 is 0.885 bits per heavy atom. The van der Waals surface area contributed by atoms with Gasteiger partial charge < -0.3 is 9.84 Å². The van der Waals surface area contributed by atoms with Crippen molar-refractivity contribution >= 4 is 75.5 Å². The fraction of sp³-hybridized carbons (Fsp3) is 0.273. The number of rotatable bonds is 5. The zero-order valence-electron chi connectivity index (χ0n) is 25.9. The number of non-ortho nitro benzene ring substituents is 1. The summed E-state index contributed by atoms with van der Waals surface area (Å²) < 4.78 is 78.6. The second-order valence-corrected chi connectivity index (χ2v) is 14.2. The Labute approximate surface area is 303 Å². The number of fused-ring (bicyclic) bond motifs is 4. The molecule has 2 heterocycles. The number of nitrogens with zero attached hydrogens (tertiary/aromatic N) is 3. The summed E-state index contributed by atoms with van der Waals surface area (Å²) in [7, 11) is 1.15. The number of aromatic hydroxyl groups is 1. The van der Waals surface area contributed by atoms with Crippen LogP contribution in [0, 0.1) is 57.0 Å². The number of nitro groups is 1. The number of phenols is 1. The molecule has 2 aliphatic carbocycles. The third-order valence-corrected chi connectivity index (χ3v) is 11.8. The first-order chi connectivity index (χ1) is 24.4. The molecule has 2 saturated heterocycles.